The number of carboxylic acids is 1. The predicted molar refractivity (Wildman–Crippen MR) is 322 cm³/mol. The van der Waals surface area contributed by atoms with Gasteiger partial charge in [-0.2, -0.15) is 0 Å². The van der Waals surface area contributed by atoms with Crippen molar-refractivity contribution in [2.75, 3.05) is 324 Å². The van der Waals surface area contributed by atoms with Gasteiger partial charge in [0.2, 0.25) is 0 Å². The van der Waals surface area contributed by atoms with E-state index in [0.717, 1.165) is 32.1 Å². The van der Waals surface area contributed by atoms with Crippen LogP contribution in [0, 0.1) is 0 Å². The first kappa shape index (κ1) is 84.5. The van der Waals surface area contributed by atoms with Crippen molar-refractivity contribution in [1.29, 1.82) is 0 Å². The molecule has 0 heterocycles. The van der Waals surface area contributed by atoms with Crippen molar-refractivity contribution in [1.82, 2.24) is 5.32 Å². The molecule has 0 saturated heterocycles. The number of carbonyl (C=O) groups excluding carboxylic acids is 1. The molecule has 1 aliphatic carbocycles. The summed E-state index contributed by atoms with van der Waals surface area (Å²) >= 11 is 0. The summed E-state index contributed by atoms with van der Waals surface area (Å²) in [6.45, 7) is 22.5. The third-order valence-electron chi connectivity index (χ3n) is 11.5. The molecule has 0 aromatic rings. The Hall–Kier alpha value is -2.48. The smallest absolute Gasteiger partial charge is 0.407 e. The van der Waals surface area contributed by atoms with Gasteiger partial charge < -0.3 is 129 Å². The van der Waals surface area contributed by atoms with Crippen LogP contribution >= 0.6 is 0 Å². The van der Waals surface area contributed by atoms with Crippen LogP contribution in [0.2, 0.25) is 0 Å². The minimum absolute atomic E-state index is 0.0108. The van der Waals surface area contributed by atoms with E-state index in [0.29, 0.717) is 317 Å². The van der Waals surface area contributed by atoms with Crippen molar-refractivity contribution in [2.24, 2.45) is 0 Å². The van der Waals surface area contributed by atoms with Crippen molar-refractivity contribution in [2.45, 2.75) is 44.6 Å². The Morgan fingerprint density at radius 3 is 0.674 bits per heavy atom. The quantitative estimate of drug-likeness (QED) is 0.0653. The molecule has 1 aliphatic rings. The van der Waals surface area contributed by atoms with Crippen LogP contribution in [-0.4, -0.2) is 347 Å². The molecule has 0 aromatic heterocycles. The molecule has 1 amide bonds. The summed E-state index contributed by atoms with van der Waals surface area (Å²) < 4.78 is 137. The predicted octanol–water partition coefficient (Wildman–Crippen LogP) is 2.47. The summed E-state index contributed by atoms with van der Waals surface area (Å²) in [6, 6.07) is 0. The number of aliphatic carboxylic acids is 1. The molecule has 29 heteroatoms. The molecule has 0 spiro atoms. The molecule has 0 bridgehead atoms. The number of hydrogen-bond acceptors (Lipinski definition) is 27. The first-order valence-corrected chi connectivity index (χ1v) is 31.9. The molecule has 0 aliphatic heterocycles. The Balaban J connectivity index is 1.59. The van der Waals surface area contributed by atoms with Gasteiger partial charge in [0.25, 0.3) is 0 Å². The zero-order valence-electron chi connectivity index (χ0n) is 53.6. The van der Waals surface area contributed by atoms with Gasteiger partial charge in [0.15, 0.2) is 0 Å². The molecule has 0 saturated carbocycles. The Kier molecular flexibility index (Phi) is 72.4. The van der Waals surface area contributed by atoms with Crippen molar-refractivity contribution in [3.05, 3.63) is 12.2 Å². The number of carboxylic acid groups (broad SMARTS) is 1. The monoisotopic (exact) mass is 1300 g/mol. The van der Waals surface area contributed by atoms with Gasteiger partial charge in [0, 0.05) is 6.54 Å². The molecule has 2 N–H and O–H groups in total. The fourth-order valence-electron chi connectivity index (χ4n) is 6.98. The summed E-state index contributed by atoms with van der Waals surface area (Å²) in [5.74, 6) is -0.880. The van der Waals surface area contributed by atoms with Crippen molar-refractivity contribution < 1.29 is 133 Å². The molecule has 29 nitrogen and oxygen atoms in total. The largest absolute Gasteiger partial charge is 0.481 e. The number of ether oxygens (including phenoxy) is 25. The van der Waals surface area contributed by atoms with Gasteiger partial charge in [-0.15, -0.1) is 0 Å². The Morgan fingerprint density at radius 2 is 0.461 bits per heavy atom. The molecule has 1 rings (SSSR count). The molecule has 0 radical (unpaired) electrons. The number of allylic oxidation sites excluding steroid dienone is 2. The van der Waals surface area contributed by atoms with Crippen LogP contribution in [0.1, 0.15) is 38.5 Å². The minimum atomic E-state index is -0.880. The van der Waals surface area contributed by atoms with Gasteiger partial charge in [0.1, 0.15) is 6.10 Å². The lowest BCUT2D eigenvalue weighted by Crippen LogP contribution is -2.31. The highest BCUT2D eigenvalue weighted by atomic mass is 16.6. The Bertz CT molecular complexity index is 1420. The Morgan fingerprint density at radius 1 is 0.270 bits per heavy atom. The number of amides is 1. The fourth-order valence-corrected chi connectivity index (χ4v) is 6.98. The van der Waals surface area contributed by atoms with E-state index >= 15 is 0 Å². The second kappa shape index (κ2) is 76.2. The molecular formula is C60H115NO28. The number of rotatable bonds is 76. The van der Waals surface area contributed by atoms with Crippen LogP contribution in [0.25, 0.3) is 0 Å². The van der Waals surface area contributed by atoms with E-state index in [4.69, 9.17) is 124 Å². The average Bonchev–Trinajstić information content (AvgIpc) is 3.57. The van der Waals surface area contributed by atoms with Crippen LogP contribution in [0.5, 0.6) is 0 Å². The Labute approximate surface area is 529 Å². The molecule has 528 valence electrons. The third-order valence-corrected chi connectivity index (χ3v) is 11.5. The van der Waals surface area contributed by atoms with E-state index in [2.05, 4.69) is 17.5 Å². The van der Waals surface area contributed by atoms with E-state index < -0.39 is 5.97 Å². The van der Waals surface area contributed by atoms with Gasteiger partial charge in [-0.05, 0) is 32.1 Å². The van der Waals surface area contributed by atoms with Gasteiger partial charge in [-0.1, -0.05) is 12.2 Å². The highest BCUT2D eigenvalue weighted by Gasteiger charge is 2.14. The van der Waals surface area contributed by atoms with E-state index in [-0.39, 0.29) is 25.2 Å². The summed E-state index contributed by atoms with van der Waals surface area (Å²) in [4.78, 5) is 22.4. The lowest BCUT2D eigenvalue weighted by Gasteiger charge is -2.18. The number of hydrogen-bond donors (Lipinski definition) is 2. The second-order valence-corrected chi connectivity index (χ2v) is 18.8. The van der Waals surface area contributed by atoms with Crippen LogP contribution in [0.15, 0.2) is 12.2 Å². The highest BCUT2D eigenvalue weighted by molar-refractivity contribution is 5.67. The standard InChI is InChI=1S/C60H115NO28/c62-59(63)8-10-65-12-14-67-16-18-69-20-22-71-24-26-73-28-30-75-32-34-77-36-38-79-40-42-81-44-46-83-48-50-85-52-54-87-56-57-88-55-53-86-51-49-84-47-45-82-43-41-80-39-37-78-35-33-76-31-29-74-27-25-72-23-21-70-19-17-68-15-13-66-11-9-61-60(64)89-58-6-4-2-1-3-5-7-58/h1-2,58H,3-57H2,(H,61,64)(H,62,63)/b2-1+. The lowest BCUT2D eigenvalue weighted by atomic mass is 10.0. The maximum Gasteiger partial charge on any atom is 0.407 e. The molecule has 89 heavy (non-hydrogen) atoms. The minimum Gasteiger partial charge on any atom is -0.481 e. The maximum absolute atomic E-state index is 12.0. The van der Waals surface area contributed by atoms with Gasteiger partial charge in [-0.25, -0.2) is 4.79 Å². The number of nitrogens with one attached hydrogen (secondary N) is 1. The van der Waals surface area contributed by atoms with Crippen LogP contribution in [-0.2, 0) is 123 Å². The first-order chi connectivity index (χ1) is 44.2. The molecule has 0 fully saturated rings. The summed E-state index contributed by atoms with van der Waals surface area (Å²) in [5.41, 5.74) is 0. The second-order valence-electron chi connectivity index (χ2n) is 18.8. The van der Waals surface area contributed by atoms with Crippen molar-refractivity contribution in [3.63, 3.8) is 0 Å². The number of carbonyl (C=O) groups is 2. The summed E-state index contributed by atoms with van der Waals surface area (Å²) in [7, 11) is 0. The van der Waals surface area contributed by atoms with Crippen molar-refractivity contribution >= 4 is 12.1 Å². The van der Waals surface area contributed by atoms with E-state index in [1.165, 1.54) is 0 Å². The van der Waals surface area contributed by atoms with Crippen LogP contribution < -0.4 is 5.32 Å². The lowest BCUT2D eigenvalue weighted by molar-refractivity contribution is -0.138. The third kappa shape index (κ3) is 74.4. The SMILES string of the molecule is O=C(O)CCOCCOCCOCCOCCOCCOCCOCCOCCOCCOCCOCCOCCOCCOCCOCCOCCOCCOCCOCCOCCOCCOCCOCCOCCNC(=O)OC1CC/C=C/CCC1. The fraction of sp³-hybridized carbons (Fsp3) is 0.933. The topological polar surface area (TPSA) is 297 Å². The summed E-state index contributed by atoms with van der Waals surface area (Å²) in [5, 5.41) is 11.3. The number of alkyl carbamates (subject to hydrolysis) is 1. The van der Waals surface area contributed by atoms with Crippen molar-refractivity contribution in [3.8, 4) is 0 Å². The normalized spacial score (nSPS) is 13.9. The maximum atomic E-state index is 12.0. The molecule has 1 unspecified atom stereocenters. The molecular weight excluding hydrogens is 1180 g/mol. The van der Waals surface area contributed by atoms with Gasteiger partial charge in [-0.3, -0.25) is 4.79 Å². The van der Waals surface area contributed by atoms with E-state index in [1.807, 2.05) is 0 Å². The van der Waals surface area contributed by atoms with Crippen LogP contribution in [0.4, 0.5) is 4.79 Å². The van der Waals surface area contributed by atoms with E-state index in [1.54, 1.807) is 0 Å². The first-order valence-electron chi connectivity index (χ1n) is 31.9. The van der Waals surface area contributed by atoms with Crippen LogP contribution in [0.3, 0.4) is 0 Å². The average molecular weight is 1300 g/mol. The zero-order chi connectivity index (χ0) is 63.4. The van der Waals surface area contributed by atoms with E-state index in [9.17, 15) is 9.59 Å². The zero-order valence-corrected chi connectivity index (χ0v) is 53.6. The van der Waals surface area contributed by atoms with Gasteiger partial charge >= 0.3 is 12.1 Å². The molecule has 0 aromatic carbocycles. The summed E-state index contributed by atoms with van der Waals surface area (Å²) in [6.07, 6.45) is 8.74. The van der Waals surface area contributed by atoms with Gasteiger partial charge in [0.05, 0.1) is 324 Å². The molecule has 1 atom stereocenters. The highest BCUT2D eigenvalue weighted by Crippen LogP contribution is 2.15.